The highest BCUT2D eigenvalue weighted by Gasteiger charge is 2.16. The average Bonchev–Trinajstić information content (AvgIpc) is 3.17. The van der Waals surface area contributed by atoms with Gasteiger partial charge in [-0.15, -0.1) is 0 Å². The summed E-state index contributed by atoms with van der Waals surface area (Å²) in [5, 5.41) is 3.10. The molecule has 0 saturated heterocycles. The Morgan fingerprint density at radius 1 is 1.00 bits per heavy atom. The zero-order chi connectivity index (χ0) is 23.6. The van der Waals surface area contributed by atoms with Gasteiger partial charge in [0.15, 0.2) is 11.2 Å². The van der Waals surface area contributed by atoms with E-state index in [-0.39, 0.29) is 16.6 Å². The fraction of sp³-hybridized carbons (Fsp3) is 0.174. The van der Waals surface area contributed by atoms with Gasteiger partial charge in [-0.25, -0.2) is 13.4 Å². The molecular weight excluding hydrogens is 460 g/mol. The van der Waals surface area contributed by atoms with E-state index in [4.69, 9.17) is 4.42 Å². The molecule has 0 aliphatic heterocycles. The predicted octanol–water partition coefficient (Wildman–Crippen LogP) is 4.68. The number of oxazole rings is 1. The average molecular weight is 483 g/mol. The maximum atomic E-state index is 12.7. The van der Waals surface area contributed by atoms with E-state index < -0.39 is 10.0 Å². The van der Waals surface area contributed by atoms with Crippen molar-refractivity contribution in [1.82, 2.24) is 9.97 Å². The summed E-state index contributed by atoms with van der Waals surface area (Å²) in [7, 11) is -3.75. The fourth-order valence-corrected chi connectivity index (χ4v) is 4.89. The van der Waals surface area contributed by atoms with Crippen LogP contribution >= 0.6 is 11.8 Å². The lowest BCUT2D eigenvalue weighted by Gasteiger charge is -2.12. The van der Waals surface area contributed by atoms with Gasteiger partial charge in [-0.3, -0.25) is 9.52 Å². The van der Waals surface area contributed by atoms with Gasteiger partial charge in [0, 0.05) is 11.4 Å². The molecule has 33 heavy (non-hydrogen) atoms. The van der Waals surface area contributed by atoms with Crippen molar-refractivity contribution in [3.8, 4) is 0 Å². The van der Waals surface area contributed by atoms with Gasteiger partial charge in [-0.1, -0.05) is 29.5 Å². The first-order valence-corrected chi connectivity index (χ1v) is 12.5. The quantitative estimate of drug-likeness (QED) is 0.368. The Morgan fingerprint density at radius 2 is 1.76 bits per heavy atom. The number of carbonyl (C=O) groups excluding carboxylic acids is 1. The van der Waals surface area contributed by atoms with Crippen molar-refractivity contribution >= 4 is 50.3 Å². The molecule has 0 spiro atoms. The van der Waals surface area contributed by atoms with E-state index in [2.05, 4.69) is 20.0 Å². The van der Waals surface area contributed by atoms with Gasteiger partial charge >= 0.3 is 0 Å². The first kappa shape index (κ1) is 22.8. The number of benzene rings is 2. The second-order valence-electron chi connectivity index (χ2n) is 7.54. The first-order valence-electron chi connectivity index (χ1n) is 10.1. The molecule has 0 aliphatic carbocycles. The van der Waals surface area contributed by atoms with E-state index in [9.17, 15) is 13.2 Å². The fourth-order valence-electron chi connectivity index (χ4n) is 3.13. The zero-order valence-electron chi connectivity index (χ0n) is 18.2. The van der Waals surface area contributed by atoms with Gasteiger partial charge in [-0.05, 0) is 68.8 Å². The van der Waals surface area contributed by atoms with Crippen LogP contribution in [0.15, 0.2) is 69.1 Å². The minimum absolute atomic E-state index is 0.0834. The number of anilines is 2. The number of pyridine rings is 1. The Hall–Kier alpha value is -3.37. The molecule has 2 aromatic carbocycles. The van der Waals surface area contributed by atoms with Crippen molar-refractivity contribution in [2.24, 2.45) is 0 Å². The van der Waals surface area contributed by atoms with E-state index in [1.807, 2.05) is 39.0 Å². The molecule has 2 heterocycles. The molecule has 2 N–H and O–H groups in total. The van der Waals surface area contributed by atoms with Crippen molar-refractivity contribution in [2.45, 2.75) is 30.9 Å². The monoisotopic (exact) mass is 482 g/mol. The molecule has 0 unspecified atom stereocenters. The second kappa shape index (κ2) is 9.24. The maximum Gasteiger partial charge on any atom is 0.261 e. The highest BCUT2D eigenvalue weighted by atomic mass is 32.2. The summed E-state index contributed by atoms with van der Waals surface area (Å²) < 4.78 is 33.6. The third-order valence-electron chi connectivity index (χ3n) is 4.77. The Morgan fingerprint density at radius 3 is 2.48 bits per heavy atom. The van der Waals surface area contributed by atoms with Crippen LogP contribution in [-0.4, -0.2) is 30.0 Å². The molecule has 0 bridgehead atoms. The molecule has 4 aromatic rings. The summed E-state index contributed by atoms with van der Waals surface area (Å²) in [4.78, 5) is 20.9. The molecule has 8 nitrogen and oxygen atoms in total. The van der Waals surface area contributed by atoms with Crippen LogP contribution in [0.4, 0.5) is 11.4 Å². The molecule has 0 radical (unpaired) electrons. The molecule has 0 fully saturated rings. The summed E-state index contributed by atoms with van der Waals surface area (Å²) in [5.74, 6) is -0.185. The molecular formula is C23H22N4O4S2. The van der Waals surface area contributed by atoms with Gasteiger partial charge in [0.2, 0.25) is 5.91 Å². The Labute approximate surface area is 195 Å². The SMILES string of the molecule is Cc1ccc(NS(=O)(=O)c2ccc(NC(=O)CSc3nc4nc(C)ccc4o3)cc2)c(C)c1. The normalized spacial score (nSPS) is 11.5. The second-order valence-corrected chi connectivity index (χ2v) is 10.1. The minimum atomic E-state index is -3.75. The van der Waals surface area contributed by atoms with Gasteiger partial charge in [0.05, 0.1) is 16.3 Å². The van der Waals surface area contributed by atoms with Crippen molar-refractivity contribution in [1.29, 1.82) is 0 Å². The summed E-state index contributed by atoms with van der Waals surface area (Å²) in [6.45, 7) is 5.66. The molecule has 10 heteroatoms. The molecule has 2 aromatic heterocycles. The molecule has 0 aliphatic rings. The lowest BCUT2D eigenvalue weighted by atomic mass is 10.1. The molecule has 170 valence electrons. The Bertz CT molecular complexity index is 1430. The molecule has 0 saturated carbocycles. The van der Waals surface area contributed by atoms with Crippen LogP contribution in [0.5, 0.6) is 0 Å². The van der Waals surface area contributed by atoms with Crippen LogP contribution in [0, 0.1) is 20.8 Å². The lowest BCUT2D eigenvalue weighted by molar-refractivity contribution is -0.113. The number of hydrogen-bond acceptors (Lipinski definition) is 7. The number of rotatable bonds is 7. The van der Waals surface area contributed by atoms with Crippen LogP contribution < -0.4 is 10.0 Å². The maximum absolute atomic E-state index is 12.7. The van der Waals surface area contributed by atoms with E-state index in [1.54, 1.807) is 24.3 Å². The number of aromatic nitrogens is 2. The van der Waals surface area contributed by atoms with Crippen molar-refractivity contribution < 1.29 is 17.6 Å². The Kier molecular flexibility index (Phi) is 6.39. The van der Waals surface area contributed by atoms with Crippen LogP contribution in [0.3, 0.4) is 0 Å². The van der Waals surface area contributed by atoms with Gasteiger partial charge < -0.3 is 9.73 Å². The zero-order valence-corrected chi connectivity index (χ0v) is 19.9. The van der Waals surface area contributed by atoms with Crippen molar-refractivity contribution in [3.05, 3.63) is 71.4 Å². The highest BCUT2D eigenvalue weighted by molar-refractivity contribution is 7.99. The smallest absolute Gasteiger partial charge is 0.261 e. The number of sulfonamides is 1. The van der Waals surface area contributed by atoms with E-state index in [0.717, 1.165) is 28.6 Å². The number of hydrogen-bond donors (Lipinski definition) is 2. The first-order chi connectivity index (χ1) is 15.7. The van der Waals surface area contributed by atoms with E-state index >= 15 is 0 Å². The van der Waals surface area contributed by atoms with Crippen LogP contribution in [-0.2, 0) is 14.8 Å². The third-order valence-corrected chi connectivity index (χ3v) is 6.98. The van der Waals surface area contributed by atoms with Crippen LogP contribution in [0.2, 0.25) is 0 Å². The number of thioether (sulfide) groups is 1. The third kappa shape index (κ3) is 5.52. The number of amides is 1. The molecule has 0 atom stereocenters. The van der Waals surface area contributed by atoms with E-state index in [1.165, 1.54) is 12.1 Å². The number of aryl methyl sites for hydroxylation is 3. The Balaban J connectivity index is 1.36. The van der Waals surface area contributed by atoms with Gasteiger partial charge in [0.25, 0.3) is 15.2 Å². The van der Waals surface area contributed by atoms with Gasteiger partial charge in [-0.2, -0.15) is 4.98 Å². The highest BCUT2D eigenvalue weighted by Crippen LogP contribution is 2.24. The minimum Gasteiger partial charge on any atom is -0.430 e. The van der Waals surface area contributed by atoms with Gasteiger partial charge in [0.1, 0.15) is 0 Å². The summed E-state index contributed by atoms with van der Waals surface area (Å²) >= 11 is 1.15. The number of nitrogens with zero attached hydrogens (tertiary/aromatic N) is 2. The van der Waals surface area contributed by atoms with Crippen LogP contribution in [0.25, 0.3) is 11.2 Å². The van der Waals surface area contributed by atoms with Crippen molar-refractivity contribution in [3.63, 3.8) is 0 Å². The largest absolute Gasteiger partial charge is 0.430 e. The lowest BCUT2D eigenvalue weighted by Crippen LogP contribution is -2.15. The number of fused-ring (bicyclic) bond motifs is 1. The summed E-state index contributed by atoms with van der Waals surface area (Å²) in [6.07, 6.45) is 0. The van der Waals surface area contributed by atoms with Crippen LogP contribution in [0.1, 0.15) is 16.8 Å². The summed E-state index contributed by atoms with van der Waals surface area (Å²) in [5.41, 5.74) is 4.81. The number of carbonyl (C=O) groups is 1. The molecule has 4 rings (SSSR count). The topological polar surface area (TPSA) is 114 Å². The molecule has 1 amide bonds. The predicted molar refractivity (Wildman–Crippen MR) is 129 cm³/mol. The van der Waals surface area contributed by atoms with E-state index in [0.29, 0.717) is 27.8 Å². The number of nitrogens with one attached hydrogen (secondary N) is 2. The standard InChI is InChI=1S/C23H22N4O4S2/c1-14-4-10-19(15(2)12-14)27-33(29,30)18-8-6-17(7-9-18)25-21(28)13-32-23-26-22-20(31-23)11-5-16(3)24-22/h4-12,27H,13H2,1-3H3,(H,25,28). The van der Waals surface area contributed by atoms with Crippen molar-refractivity contribution in [2.75, 3.05) is 15.8 Å². The summed E-state index contributed by atoms with van der Waals surface area (Å²) in [6, 6.07) is 15.1.